The van der Waals surface area contributed by atoms with Gasteiger partial charge in [0.05, 0.1) is 6.04 Å². The summed E-state index contributed by atoms with van der Waals surface area (Å²) in [4.78, 5) is 2.72. The molecule has 3 aliphatic heterocycles. The second-order valence-corrected chi connectivity index (χ2v) is 10.9. The fraction of sp³-hybridized carbons (Fsp3) is 0.448. The first-order chi connectivity index (χ1) is 14.9. The van der Waals surface area contributed by atoms with E-state index in [9.17, 15) is 0 Å². The number of benzene rings is 2. The van der Waals surface area contributed by atoms with Gasteiger partial charge in [-0.25, -0.2) is 0 Å². The third-order valence-electron chi connectivity index (χ3n) is 8.79. The molecule has 0 spiro atoms. The number of hydrogen-bond acceptors (Lipinski definition) is 1. The minimum absolute atomic E-state index is 0.103. The van der Waals surface area contributed by atoms with Crippen molar-refractivity contribution in [1.29, 1.82) is 0 Å². The molecule has 4 heterocycles. The van der Waals surface area contributed by atoms with Crippen molar-refractivity contribution >= 4 is 16.5 Å². The van der Waals surface area contributed by atoms with E-state index in [4.69, 9.17) is 0 Å². The molecule has 2 aromatic carbocycles. The van der Waals surface area contributed by atoms with Crippen molar-refractivity contribution in [3.8, 4) is 0 Å². The summed E-state index contributed by atoms with van der Waals surface area (Å²) in [7, 11) is 0. The lowest BCUT2D eigenvalue weighted by atomic mass is 9.55. The molecular formula is C29H34N2. The van der Waals surface area contributed by atoms with Crippen molar-refractivity contribution in [3.05, 3.63) is 77.1 Å². The molecule has 2 nitrogen and oxygen atoms in total. The van der Waals surface area contributed by atoms with Crippen LogP contribution in [0.25, 0.3) is 16.5 Å². The molecule has 0 aliphatic carbocycles. The second kappa shape index (κ2) is 6.28. The Morgan fingerprint density at radius 2 is 1.87 bits per heavy atom. The summed E-state index contributed by atoms with van der Waals surface area (Å²) in [5.41, 5.74) is 9.30. The van der Waals surface area contributed by atoms with E-state index < -0.39 is 0 Å². The van der Waals surface area contributed by atoms with Crippen LogP contribution in [0.5, 0.6) is 0 Å². The Labute approximate surface area is 186 Å². The van der Waals surface area contributed by atoms with E-state index in [-0.39, 0.29) is 11.0 Å². The first-order valence-corrected chi connectivity index (χ1v) is 12.0. The maximum Gasteiger partial charge on any atom is 0.0754 e. The van der Waals surface area contributed by atoms with Crippen LogP contribution < -0.4 is 0 Å². The molecule has 160 valence electrons. The van der Waals surface area contributed by atoms with Crippen molar-refractivity contribution < 1.29 is 0 Å². The molecule has 0 amide bonds. The first-order valence-electron chi connectivity index (χ1n) is 12.0. The summed E-state index contributed by atoms with van der Waals surface area (Å²) < 4.78 is 2.72. The molecule has 3 unspecified atom stereocenters. The zero-order valence-corrected chi connectivity index (χ0v) is 19.6. The number of nitrogens with zero attached hydrogens (tertiary/aromatic N) is 2. The molecule has 3 atom stereocenters. The fourth-order valence-corrected chi connectivity index (χ4v) is 7.54. The van der Waals surface area contributed by atoms with Gasteiger partial charge in [0.2, 0.25) is 0 Å². The number of aromatic nitrogens is 1. The smallest absolute Gasteiger partial charge is 0.0754 e. The first kappa shape index (κ1) is 19.2. The quantitative estimate of drug-likeness (QED) is 0.438. The third kappa shape index (κ3) is 2.39. The van der Waals surface area contributed by atoms with Gasteiger partial charge >= 0.3 is 0 Å². The fourth-order valence-electron chi connectivity index (χ4n) is 7.54. The molecule has 1 aromatic heterocycles. The lowest BCUT2D eigenvalue weighted by Gasteiger charge is -2.61. The predicted molar refractivity (Wildman–Crippen MR) is 130 cm³/mol. The summed E-state index contributed by atoms with van der Waals surface area (Å²) in [6.45, 7) is 13.2. The highest BCUT2D eigenvalue weighted by molar-refractivity contribution is 5.87. The SMILES string of the molecule is CCC12CC(C)(C)n3c4c(c5ccccc53)CCN(C=C(c3cccc(C)c3)C1C)C42. The summed E-state index contributed by atoms with van der Waals surface area (Å²) in [5.74, 6) is 0.525. The molecule has 31 heavy (non-hydrogen) atoms. The zero-order chi connectivity index (χ0) is 21.5. The maximum atomic E-state index is 2.72. The molecule has 0 saturated carbocycles. The molecule has 3 aromatic rings. The van der Waals surface area contributed by atoms with Gasteiger partial charge in [-0.3, -0.25) is 0 Å². The molecule has 0 fully saturated rings. The van der Waals surface area contributed by atoms with Crippen molar-refractivity contribution in [1.82, 2.24) is 9.47 Å². The molecule has 0 N–H and O–H groups in total. The van der Waals surface area contributed by atoms with Crippen molar-refractivity contribution in [2.45, 2.75) is 65.5 Å². The molecule has 0 bridgehead atoms. The summed E-state index contributed by atoms with van der Waals surface area (Å²) in [6.07, 6.45) is 6.10. The topological polar surface area (TPSA) is 8.17 Å². The maximum absolute atomic E-state index is 2.72. The number of para-hydroxylation sites is 1. The van der Waals surface area contributed by atoms with Crippen LogP contribution in [0.15, 0.2) is 54.7 Å². The largest absolute Gasteiger partial charge is 0.368 e. The lowest BCUT2D eigenvalue weighted by Crippen LogP contribution is -2.56. The van der Waals surface area contributed by atoms with Crippen LogP contribution in [0.3, 0.4) is 0 Å². The minimum atomic E-state index is 0.103. The van der Waals surface area contributed by atoms with Crippen molar-refractivity contribution in [3.63, 3.8) is 0 Å². The normalized spacial score (nSPS) is 28.4. The molecule has 0 radical (unpaired) electrons. The highest BCUT2D eigenvalue weighted by Gasteiger charge is 2.58. The number of allylic oxidation sites excluding steroid dienone is 1. The minimum Gasteiger partial charge on any atom is -0.368 e. The molecule has 0 saturated heterocycles. The summed E-state index contributed by atoms with van der Waals surface area (Å²) >= 11 is 0. The molecule has 3 aliphatic rings. The number of fused-ring (bicyclic) bond motifs is 3. The van der Waals surface area contributed by atoms with Gasteiger partial charge in [0.1, 0.15) is 0 Å². The highest BCUT2D eigenvalue weighted by atomic mass is 15.2. The van der Waals surface area contributed by atoms with Crippen molar-refractivity contribution in [2.24, 2.45) is 11.3 Å². The van der Waals surface area contributed by atoms with Crippen LogP contribution >= 0.6 is 0 Å². The Morgan fingerprint density at radius 1 is 1.06 bits per heavy atom. The Hall–Kier alpha value is -2.48. The number of aryl methyl sites for hydroxylation is 1. The molecule has 6 rings (SSSR count). The van der Waals surface area contributed by atoms with Gasteiger partial charge in [0, 0.05) is 40.3 Å². The highest BCUT2D eigenvalue weighted by Crippen LogP contribution is 2.64. The monoisotopic (exact) mass is 410 g/mol. The van der Waals surface area contributed by atoms with E-state index in [0.29, 0.717) is 12.0 Å². The number of hydrogen-bond donors (Lipinski definition) is 0. The second-order valence-electron chi connectivity index (χ2n) is 10.9. The van der Waals surface area contributed by atoms with Gasteiger partial charge in [-0.1, -0.05) is 61.9 Å². The summed E-state index contributed by atoms with van der Waals surface area (Å²) in [5, 5.41) is 1.48. The zero-order valence-electron chi connectivity index (χ0n) is 19.6. The van der Waals surface area contributed by atoms with Gasteiger partial charge in [0.15, 0.2) is 0 Å². The third-order valence-corrected chi connectivity index (χ3v) is 8.79. The van der Waals surface area contributed by atoms with Crippen molar-refractivity contribution in [2.75, 3.05) is 6.54 Å². The van der Waals surface area contributed by atoms with Crippen LogP contribution in [-0.4, -0.2) is 16.0 Å². The van der Waals surface area contributed by atoms with Crippen LogP contribution in [-0.2, 0) is 12.0 Å². The van der Waals surface area contributed by atoms with Crippen LogP contribution in [0.1, 0.15) is 69.0 Å². The van der Waals surface area contributed by atoms with Crippen LogP contribution in [0.4, 0.5) is 0 Å². The van der Waals surface area contributed by atoms with Gasteiger partial charge in [-0.15, -0.1) is 0 Å². The Kier molecular flexibility index (Phi) is 3.89. The predicted octanol–water partition coefficient (Wildman–Crippen LogP) is 7.07. The van der Waals surface area contributed by atoms with E-state index in [2.05, 4.69) is 98.8 Å². The van der Waals surface area contributed by atoms with E-state index in [1.54, 1.807) is 11.3 Å². The van der Waals surface area contributed by atoms with Crippen LogP contribution in [0, 0.1) is 18.3 Å². The Balaban J connectivity index is 1.65. The summed E-state index contributed by atoms with van der Waals surface area (Å²) in [6, 6.07) is 18.7. The van der Waals surface area contributed by atoms with Gasteiger partial charge < -0.3 is 9.47 Å². The van der Waals surface area contributed by atoms with Gasteiger partial charge in [-0.05, 0) is 68.7 Å². The Morgan fingerprint density at radius 3 is 2.65 bits per heavy atom. The Bertz CT molecular complexity index is 1230. The number of rotatable bonds is 2. The van der Waals surface area contributed by atoms with Gasteiger partial charge in [0.25, 0.3) is 0 Å². The standard InChI is InChI=1S/C29H34N2/c1-6-29-18-28(4,5)31-25-13-8-7-12-22(25)23-14-15-30(27(29)26(23)31)17-24(20(29)3)21-11-9-10-19(2)16-21/h7-13,16-17,20,27H,6,14-15,18H2,1-5H3. The molecular weight excluding hydrogens is 376 g/mol. The van der Waals surface area contributed by atoms with E-state index >= 15 is 0 Å². The average Bonchev–Trinajstić information content (AvgIpc) is 3.10. The van der Waals surface area contributed by atoms with Gasteiger partial charge in [-0.2, -0.15) is 0 Å². The van der Waals surface area contributed by atoms with E-state index in [0.717, 1.165) is 13.0 Å². The average molecular weight is 411 g/mol. The lowest BCUT2D eigenvalue weighted by molar-refractivity contribution is -0.0275. The van der Waals surface area contributed by atoms with E-state index in [1.165, 1.54) is 40.4 Å². The van der Waals surface area contributed by atoms with Crippen LogP contribution in [0.2, 0.25) is 0 Å². The van der Waals surface area contributed by atoms with E-state index in [1.807, 2.05) is 0 Å². The molecule has 2 heteroatoms.